The van der Waals surface area contributed by atoms with Crippen LogP contribution in [-0.4, -0.2) is 98.1 Å². The molecule has 6 N–H and O–H groups in total. The molecule has 362 valence electrons. The van der Waals surface area contributed by atoms with Gasteiger partial charge in [0.25, 0.3) is 0 Å². The van der Waals surface area contributed by atoms with Crippen LogP contribution in [-0.2, 0) is 51.2 Å². The highest BCUT2D eigenvalue weighted by Gasteiger charge is 2.40. The lowest BCUT2D eigenvalue weighted by Crippen LogP contribution is -2.55. The van der Waals surface area contributed by atoms with Crippen molar-refractivity contribution in [3.8, 4) is 0 Å². The molecule has 15 nitrogen and oxygen atoms in total. The number of fused-ring (bicyclic) bond motifs is 2. The van der Waals surface area contributed by atoms with E-state index >= 15 is 0 Å². The molecule has 0 bridgehead atoms. The van der Waals surface area contributed by atoms with Crippen LogP contribution in [0, 0.1) is 41.4 Å². The number of hydrogen-bond acceptors (Lipinski definition) is 8. The van der Waals surface area contributed by atoms with Gasteiger partial charge in [0.2, 0.25) is 23.6 Å². The lowest BCUT2D eigenvalue weighted by atomic mass is 9.87. The quantitative estimate of drug-likeness (QED) is 0.0436. The number of Topliss-reactive ketones (excluding diaryl/α,β-unsaturated/α-hetero) is 3. The van der Waals surface area contributed by atoms with Gasteiger partial charge >= 0.3 is 5.97 Å². The second-order valence-electron chi connectivity index (χ2n) is 19.8. The molecule has 0 saturated carbocycles. The molecule has 4 aromatic rings. The van der Waals surface area contributed by atoms with Gasteiger partial charge in [0.05, 0.1) is 31.0 Å². The number of ketones is 3. The number of likely N-dealkylation sites (tertiary alicyclic amines) is 1. The number of carbonyl (C=O) groups excluding carboxylic acids is 7. The summed E-state index contributed by atoms with van der Waals surface area (Å²) < 4.78 is 0. The fraction of sp³-hybridized carbons (Fsp3) is 0.538. The Morgan fingerprint density at radius 2 is 1.21 bits per heavy atom. The standard InChI is InChI=1S/C52H70N6O9/c1-29(2)20-33(21-36-26-53-41-16-11-9-14-39(36)41)50(65)56-46(30(3)4)44(60)24-35(25-45(61)62)49(64)55-28-38(59)23-34(22-37-27-54-42-17-12-10-15-40(37)42)51(66)57-47(31(5)6)52(67)58-19-13-18-43(58)48(63)32(7)8/h9-12,14-17,26-27,29-35,43,46-47,53-54H,13,18-25,28H2,1-8H3,(H,55,64)(H,56,65)(H,57,66)(H,61,62)/t33-,34+,35-,43-,46-,47-/m0/s1. The van der Waals surface area contributed by atoms with Gasteiger partial charge in [0.1, 0.15) is 6.04 Å². The van der Waals surface area contributed by atoms with E-state index in [2.05, 4.69) is 25.9 Å². The van der Waals surface area contributed by atoms with Gasteiger partial charge in [-0.3, -0.25) is 38.4 Å². The zero-order chi connectivity index (χ0) is 49.1. The third kappa shape index (κ3) is 13.7. The second-order valence-corrected chi connectivity index (χ2v) is 19.8. The molecule has 67 heavy (non-hydrogen) atoms. The summed E-state index contributed by atoms with van der Waals surface area (Å²) in [7, 11) is 0. The summed E-state index contributed by atoms with van der Waals surface area (Å²) in [5.74, 6) is -8.05. The Kier molecular flexibility index (Phi) is 18.2. The van der Waals surface area contributed by atoms with Crippen LogP contribution in [0.5, 0.6) is 0 Å². The SMILES string of the molecule is CC(C)C[C@@H](Cc1c[nH]c2ccccc12)C(=O)N[C@H](C(=O)C[C@@H](CC(=O)O)C(=O)NCC(=O)C[C@@H](Cc1c[nH]c2ccccc12)C(=O)N[C@H](C(=O)N1CCC[C@H]1C(=O)C(C)C)C(C)C)C(C)C. The normalized spacial score (nSPS) is 16.3. The molecule has 5 rings (SSSR count). The Hall–Kier alpha value is -6.12. The summed E-state index contributed by atoms with van der Waals surface area (Å²) in [4.78, 5) is 117. The van der Waals surface area contributed by atoms with Crippen LogP contribution >= 0.6 is 0 Å². The summed E-state index contributed by atoms with van der Waals surface area (Å²) in [5, 5.41) is 20.1. The number of aromatic nitrogens is 2. The number of carbonyl (C=O) groups is 8. The monoisotopic (exact) mass is 923 g/mol. The minimum absolute atomic E-state index is 0.0330. The first-order valence-electron chi connectivity index (χ1n) is 23.8. The summed E-state index contributed by atoms with van der Waals surface area (Å²) >= 11 is 0. The van der Waals surface area contributed by atoms with Gasteiger partial charge in [-0.15, -0.1) is 0 Å². The van der Waals surface area contributed by atoms with Crippen LogP contribution in [0.15, 0.2) is 60.9 Å². The van der Waals surface area contributed by atoms with Crippen molar-refractivity contribution in [1.29, 1.82) is 0 Å². The number of benzene rings is 2. The third-order valence-electron chi connectivity index (χ3n) is 12.9. The van der Waals surface area contributed by atoms with E-state index in [0.29, 0.717) is 32.2 Å². The Morgan fingerprint density at radius 1 is 0.672 bits per heavy atom. The summed E-state index contributed by atoms with van der Waals surface area (Å²) in [6, 6.07) is 12.8. The first-order valence-corrected chi connectivity index (χ1v) is 23.8. The molecule has 3 heterocycles. The lowest BCUT2D eigenvalue weighted by molar-refractivity contribution is -0.143. The predicted octanol–water partition coefficient (Wildman–Crippen LogP) is 6.34. The van der Waals surface area contributed by atoms with Crippen molar-refractivity contribution in [2.45, 2.75) is 125 Å². The minimum Gasteiger partial charge on any atom is -0.481 e. The number of rotatable bonds is 25. The molecule has 0 unspecified atom stereocenters. The van der Waals surface area contributed by atoms with Crippen LogP contribution in [0.4, 0.5) is 0 Å². The van der Waals surface area contributed by atoms with Gasteiger partial charge in [0.15, 0.2) is 17.3 Å². The van der Waals surface area contributed by atoms with E-state index in [0.717, 1.165) is 32.9 Å². The largest absolute Gasteiger partial charge is 0.481 e. The molecule has 6 atom stereocenters. The van der Waals surface area contributed by atoms with Crippen molar-refractivity contribution in [2.75, 3.05) is 13.1 Å². The Morgan fingerprint density at radius 3 is 1.75 bits per heavy atom. The lowest BCUT2D eigenvalue weighted by Gasteiger charge is -2.32. The number of aromatic amines is 2. The van der Waals surface area contributed by atoms with Gasteiger partial charge in [-0.1, -0.05) is 91.8 Å². The van der Waals surface area contributed by atoms with E-state index in [4.69, 9.17) is 0 Å². The van der Waals surface area contributed by atoms with E-state index < -0.39 is 84.6 Å². The molecule has 0 spiro atoms. The van der Waals surface area contributed by atoms with E-state index in [1.807, 2.05) is 68.6 Å². The van der Waals surface area contributed by atoms with Gasteiger partial charge in [-0.25, -0.2) is 0 Å². The first-order chi connectivity index (χ1) is 31.7. The van der Waals surface area contributed by atoms with Crippen molar-refractivity contribution in [3.63, 3.8) is 0 Å². The zero-order valence-electron chi connectivity index (χ0n) is 40.3. The summed E-state index contributed by atoms with van der Waals surface area (Å²) in [6.45, 7) is 14.6. The maximum absolute atomic E-state index is 14.3. The van der Waals surface area contributed by atoms with E-state index in [1.54, 1.807) is 52.6 Å². The highest BCUT2D eigenvalue weighted by atomic mass is 16.4. The minimum atomic E-state index is -1.35. The van der Waals surface area contributed by atoms with Gasteiger partial charge in [0, 0.05) is 71.3 Å². The fourth-order valence-electron chi connectivity index (χ4n) is 9.32. The Bertz CT molecular complexity index is 2410. The van der Waals surface area contributed by atoms with Crippen LogP contribution < -0.4 is 16.0 Å². The molecule has 1 aliphatic rings. The number of nitrogens with zero attached hydrogens (tertiary/aromatic N) is 1. The Labute approximate surface area is 393 Å². The molecule has 0 aliphatic carbocycles. The number of hydrogen-bond donors (Lipinski definition) is 6. The van der Waals surface area contributed by atoms with Gasteiger partial charge < -0.3 is 35.9 Å². The maximum Gasteiger partial charge on any atom is 0.304 e. The summed E-state index contributed by atoms with van der Waals surface area (Å²) in [5.41, 5.74) is 3.53. The molecule has 1 saturated heterocycles. The average molecular weight is 923 g/mol. The number of amides is 4. The molecule has 1 aliphatic heterocycles. The van der Waals surface area contributed by atoms with Crippen molar-refractivity contribution in [1.82, 2.24) is 30.8 Å². The number of nitrogens with one attached hydrogen (secondary N) is 5. The zero-order valence-corrected chi connectivity index (χ0v) is 40.3. The van der Waals surface area contributed by atoms with E-state index in [9.17, 15) is 43.5 Å². The Balaban J connectivity index is 1.28. The molecule has 4 amide bonds. The number of aliphatic carboxylic acids is 1. The summed E-state index contributed by atoms with van der Waals surface area (Å²) in [6.07, 6.45) is 4.46. The molecule has 2 aromatic heterocycles. The van der Waals surface area contributed by atoms with E-state index in [1.165, 1.54) is 0 Å². The predicted molar refractivity (Wildman–Crippen MR) is 257 cm³/mol. The number of para-hydroxylation sites is 2. The first kappa shape index (κ1) is 51.9. The van der Waals surface area contributed by atoms with Crippen LogP contribution in [0.25, 0.3) is 21.8 Å². The molecule has 1 fully saturated rings. The number of carboxylic acids is 1. The highest BCUT2D eigenvalue weighted by molar-refractivity contribution is 5.98. The fourth-order valence-corrected chi connectivity index (χ4v) is 9.32. The van der Waals surface area contributed by atoms with Crippen LogP contribution in [0.3, 0.4) is 0 Å². The van der Waals surface area contributed by atoms with Crippen LogP contribution in [0.2, 0.25) is 0 Å². The molecule has 0 radical (unpaired) electrons. The van der Waals surface area contributed by atoms with Crippen molar-refractivity contribution in [2.24, 2.45) is 41.4 Å². The molecular formula is C52H70N6O9. The van der Waals surface area contributed by atoms with Gasteiger partial charge in [-0.2, -0.15) is 0 Å². The van der Waals surface area contributed by atoms with Crippen molar-refractivity contribution < 1.29 is 43.5 Å². The molecule has 15 heteroatoms. The number of H-pyrrole nitrogens is 2. The average Bonchev–Trinajstić information content (AvgIpc) is 4.04. The third-order valence-corrected chi connectivity index (χ3v) is 12.9. The highest BCUT2D eigenvalue weighted by Crippen LogP contribution is 2.28. The van der Waals surface area contributed by atoms with Gasteiger partial charge in [-0.05, 0) is 73.1 Å². The van der Waals surface area contributed by atoms with E-state index in [-0.39, 0.29) is 54.1 Å². The number of carboxylic acid groups (broad SMARTS) is 1. The van der Waals surface area contributed by atoms with Crippen LogP contribution in [0.1, 0.15) is 105 Å². The second kappa shape index (κ2) is 23.6. The smallest absolute Gasteiger partial charge is 0.304 e. The maximum atomic E-state index is 14.3. The molecule has 2 aromatic carbocycles. The van der Waals surface area contributed by atoms with Crippen molar-refractivity contribution >= 4 is 68.8 Å². The van der Waals surface area contributed by atoms with Crippen molar-refractivity contribution in [3.05, 3.63) is 72.1 Å². The topological polar surface area (TPSA) is 228 Å². The molecular weight excluding hydrogens is 853 g/mol.